The first-order valence-corrected chi connectivity index (χ1v) is 10.2. The van der Waals surface area contributed by atoms with Crippen molar-refractivity contribution in [1.29, 1.82) is 0 Å². The van der Waals surface area contributed by atoms with Gasteiger partial charge in [0.2, 0.25) is 5.91 Å². The van der Waals surface area contributed by atoms with Crippen molar-refractivity contribution in [2.45, 2.75) is 38.3 Å². The lowest BCUT2D eigenvalue weighted by Crippen LogP contribution is -2.47. The largest absolute Gasteiger partial charge is 0.376 e. The van der Waals surface area contributed by atoms with Gasteiger partial charge in [-0.3, -0.25) is 9.69 Å². The second kappa shape index (κ2) is 12.9. The summed E-state index contributed by atoms with van der Waals surface area (Å²) < 4.78 is 20.2. The van der Waals surface area contributed by atoms with Crippen molar-refractivity contribution in [1.82, 2.24) is 15.5 Å². The van der Waals surface area contributed by atoms with Gasteiger partial charge in [-0.2, -0.15) is 0 Å². The Labute approximate surface area is 189 Å². The van der Waals surface area contributed by atoms with Crippen LogP contribution in [0, 0.1) is 11.7 Å². The van der Waals surface area contributed by atoms with E-state index in [9.17, 15) is 9.18 Å². The van der Waals surface area contributed by atoms with E-state index in [4.69, 9.17) is 16.3 Å². The minimum Gasteiger partial charge on any atom is -0.376 e. The van der Waals surface area contributed by atoms with Crippen LogP contribution in [0.2, 0.25) is 5.02 Å². The van der Waals surface area contributed by atoms with E-state index in [1.165, 1.54) is 6.07 Å². The van der Waals surface area contributed by atoms with Crippen LogP contribution in [0.25, 0.3) is 0 Å². The van der Waals surface area contributed by atoms with Gasteiger partial charge in [0.15, 0.2) is 0 Å². The lowest BCUT2D eigenvalue weighted by atomic mass is 10.0. The van der Waals surface area contributed by atoms with Gasteiger partial charge in [0, 0.05) is 36.6 Å². The topological polar surface area (TPSA) is 53.6 Å². The molecule has 29 heavy (non-hydrogen) atoms. The van der Waals surface area contributed by atoms with Crippen LogP contribution in [0.3, 0.4) is 0 Å². The molecule has 3 atom stereocenters. The molecular formula is C20H31Cl3FN3O2. The number of benzene rings is 1. The normalized spacial score (nSPS) is 23.0. The van der Waals surface area contributed by atoms with Crippen LogP contribution in [0.15, 0.2) is 18.2 Å². The number of ether oxygens (including phenoxy) is 1. The zero-order valence-electron chi connectivity index (χ0n) is 16.7. The summed E-state index contributed by atoms with van der Waals surface area (Å²) in [6.45, 7) is 6.33. The van der Waals surface area contributed by atoms with Crippen LogP contribution < -0.4 is 10.6 Å². The fourth-order valence-corrected chi connectivity index (χ4v) is 4.26. The summed E-state index contributed by atoms with van der Waals surface area (Å²) in [6.07, 6.45) is 2.59. The molecule has 5 nitrogen and oxygen atoms in total. The maximum absolute atomic E-state index is 14.6. The molecule has 3 unspecified atom stereocenters. The molecule has 1 aromatic rings. The lowest BCUT2D eigenvalue weighted by molar-refractivity contribution is -0.121. The number of carbonyl (C=O) groups is 1. The average molecular weight is 471 g/mol. The predicted molar refractivity (Wildman–Crippen MR) is 119 cm³/mol. The van der Waals surface area contributed by atoms with E-state index >= 15 is 0 Å². The maximum atomic E-state index is 14.6. The van der Waals surface area contributed by atoms with Gasteiger partial charge in [0.05, 0.1) is 18.8 Å². The molecule has 0 saturated carbocycles. The monoisotopic (exact) mass is 469 g/mol. The summed E-state index contributed by atoms with van der Waals surface area (Å²) in [7, 11) is 0. The molecule has 2 fully saturated rings. The van der Waals surface area contributed by atoms with E-state index in [0.717, 1.165) is 25.9 Å². The van der Waals surface area contributed by atoms with E-state index in [2.05, 4.69) is 15.5 Å². The lowest BCUT2D eigenvalue weighted by Gasteiger charge is -2.38. The molecule has 2 aliphatic rings. The summed E-state index contributed by atoms with van der Waals surface area (Å²) >= 11 is 6.32. The zero-order chi connectivity index (χ0) is 19.2. The van der Waals surface area contributed by atoms with Gasteiger partial charge in [-0.25, -0.2) is 4.39 Å². The fourth-order valence-electron chi connectivity index (χ4n) is 3.97. The second-order valence-corrected chi connectivity index (χ2v) is 7.94. The molecule has 0 aliphatic carbocycles. The van der Waals surface area contributed by atoms with Crippen molar-refractivity contribution in [3.05, 3.63) is 34.6 Å². The Balaban J connectivity index is 0.00000210. The van der Waals surface area contributed by atoms with Gasteiger partial charge in [-0.05, 0) is 50.9 Å². The van der Waals surface area contributed by atoms with Gasteiger partial charge in [0.25, 0.3) is 0 Å². The molecule has 0 aromatic heterocycles. The van der Waals surface area contributed by atoms with Crippen molar-refractivity contribution in [3.63, 3.8) is 0 Å². The number of morpholine rings is 1. The molecule has 2 saturated heterocycles. The minimum absolute atomic E-state index is 0. The van der Waals surface area contributed by atoms with Crippen molar-refractivity contribution in [3.8, 4) is 0 Å². The van der Waals surface area contributed by atoms with Crippen molar-refractivity contribution in [2.24, 2.45) is 5.92 Å². The summed E-state index contributed by atoms with van der Waals surface area (Å²) in [5, 5.41) is 6.72. The van der Waals surface area contributed by atoms with Crippen molar-refractivity contribution >= 4 is 42.3 Å². The Kier molecular flexibility index (Phi) is 11.8. The van der Waals surface area contributed by atoms with E-state index in [1.807, 2.05) is 6.92 Å². The summed E-state index contributed by atoms with van der Waals surface area (Å²) in [6, 6.07) is 4.43. The molecule has 0 radical (unpaired) electrons. The smallest absolute Gasteiger partial charge is 0.220 e. The highest BCUT2D eigenvalue weighted by atomic mass is 35.5. The first-order valence-electron chi connectivity index (χ1n) is 9.81. The molecule has 166 valence electrons. The van der Waals surface area contributed by atoms with Crippen LogP contribution in [0.4, 0.5) is 4.39 Å². The SMILES string of the molecule is CC1CN(C(CNC(=O)CCC2CCNC2)c2c(F)cccc2Cl)CCO1.Cl.Cl. The van der Waals surface area contributed by atoms with Crippen LogP contribution in [-0.2, 0) is 9.53 Å². The molecule has 0 bridgehead atoms. The Hall–Kier alpha value is -0.630. The van der Waals surface area contributed by atoms with Gasteiger partial charge < -0.3 is 15.4 Å². The fraction of sp³-hybridized carbons (Fsp3) is 0.650. The molecule has 1 aromatic carbocycles. The van der Waals surface area contributed by atoms with E-state index in [-0.39, 0.29) is 48.7 Å². The van der Waals surface area contributed by atoms with Crippen LogP contribution in [0.5, 0.6) is 0 Å². The Morgan fingerprint density at radius 3 is 2.90 bits per heavy atom. The third-order valence-electron chi connectivity index (χ3n) is 5.48. The third kappa shape index (κ3) is 7.53. The number of nitrogens with one attached hydrogen (secondary N) is 2. The third-order valence-corrected chi connectivity index (χ3v) is 5.81. The standard InChI is InChI=1S/C20H29ClFN3O2.2ClH/c1-14-13-25(9-10-27-14)18(20-16(21)3-2-4-17(20)22)12-24-19(26)6-5-15-7-8-23-11-15;;/h2-4,14-15,18,23H,5-13H2,1H3,(H,24,26);2*1H. The number of carbonyl (C=O) groups excluding carboxylic acids is 1. The second-order valence-electron chi connectivity index (χ2n) is 7.53. The first kappa shape index (κ1) is 26.4. The summed E-state index contributed by atoms with van der Waals surface area (Å²) in [5.74, 6) is 0.256. The molecule has 3 rings (SSSR count). The van der Waals surface area contributed by atoms with E-state index in [0.29, 0.717) is 49.2 Å². The van der Waals surface area contributed by atoms with Gasteiger partial charge >= 0.3 is 0 Å². The molecule has 0 spiro atoms. The number of rotatable bonds is 7. The number of hydrogen-bond acceptors (Lipinski definition) is 4. The highest BCUT2D eigenvalue weighted by Crippen LogP contribution is 2.31. The predicted octanol–water partition coefficient (Wildman–Crippen LogP) is 3.59. The Bertz CT molecular complexity index is 627. The average Bonchev–Trinajstić information content (AvgIpc) is 3.16. The van der Waals surface area contributed by atoms with Gasteiger partial charge in [-0.1, -0.05) is 17.7 Å². The highest BCUT2D eigenvalue weighted by molar-refractivity contribution is 6.31. The first-order chi connectivity index (χ1) is 13.0. The number of halogens is 4. The Morgan fingerprint density at radius 2 is 2.24 bits per heavy atom. The quantitative estimate of drug-likeness (QED) is 0.639. The maximum Gasteiger partial charge on any atom is 0.220 e. The summed E-state index contributed by atoms with van der Waals surface area (Å²) in [4.78, 5) is 14.5. The number of nitrogens with zero attached hydrogens (tertiary/aromatic N) is 1. The van der Waals surface area contributed by atoms with Crippen LogP contribution in [0.1, 0.15) is 37.8 Å². The minimum atomic E-state index is -0.335. The Morgan fingerprint density at radius 1 is 1.45 bits per heavy atom. The molecule has 9 heteroatoms. The van der Waals surface area contributed by atoms with Gasteiger partial charge in [-0.15, -0.1) is 24.8 Å². The van der Waals surface area contributed by atoms with E-state index in [1.54, 1.807) is 12.1 Å². The molecule has 2 heterocycles. The summed E-state index contributed by atoms with van der Waals surface area (Å²) in [5.41, 5.74) is 0.452. The molecular weight excluding hydrogens is 440 g/mol. The molecule has 2 aliphatic heterocycles. The zero-order valence-corrected chi connectivity index (χ0v) is 19.1. The van der Waals surface area contributed by atoms with Crippen molar-refractivity contribution in [2.75, 3.05) is 39.3 Å². The number of amides is 1. The number of hydrogen-bond donors (Lipinski definition) is 2. The van der Waals surface area contributed by atoms with Crippen LogP contribution in [-0.4, -0.2) is 56.2 Å². The highest BCUT2D eigenvalue weighted by Gasteiger charge is 2.29. The van der Waals surface area contributed by atoms with Crippen LogP contribution >= 0.6 is 36.4 Å². The van der Waals surface area contributed by atoms with E-state index < -0.39 is 0 Å². The van der Waals surface area contributed by atoms with Crippen molar-refractivity contribution < 1.29 is 13.9 Å². The van der Waals surface area contributed by atoms with Gasteiger partial charge in [0.1, 0.15) is 5.82 Å². The molecule has 2 N–H and O–H groups in total. The molecule has 1 amide bonds.